The van der Waals surface area contributed by atoms with Gasteiger partial charge in [0.2, 0.25) is 10.0 Å². The van der Waals surface area contributed by atoms with Crippen molar-refractivity contribution in [2.45, 2.75) is 26.4 Å². The van der Waals surface area contributed by atoms with Gasteiger partial charge in [-0.25, -0.2) is 13.1 Å². The molecule has 2 rings (SSSR count). The van der Waals surface area contributed by atoms with Crippen molar-refractivity contribution < 1.29 is 8.42 Å². The fourth-order valence-electron chi connectivity index (χ4n) is 2.19. The Kier molecular flexibility index (Phi) is 5.33. The molecule has 0 saturated carbocycles. The highest BCUT2D eigenvalue weighted by molar-refractivity contribution is 7.89. The fraction of sp³-hybridized carbons (Fsp3) is 0.375. The summed E-state index contributed by atoms with van der Waals surface area (Å²) >= 11 is 0. The van der Waals surface area contributed by atoms with E-state index in [4.69, 9.17) is 0 Å². The highest BCUT2D eigenvalue weighted by atomic mass is 32.2. The van der Waals surface area contributed by atoms with E-state index in [-0.39, 0.29) is 5.75 Å². The third-order valence-corrected chi connectivity index (χ3v) is 4.61. The molecule has 5 heteroatoms. The molecule has 0 aliphatic rings. The van der Waals surface area contributed by atoms with Crippen molar-refractivity contribution in [3.63, 3.8) is 0 Å². The van der Waals surface area contributed by atoms with E-state index in [0.717, 1.165) is 16.3 Å². The van der Waals surface area contributed by atoms with Crippen LogP contribution >= 0.6 is 0 Å². The van der Waals surface area contributed by atoms with Crippen LogP contribution in [0.25, 0.3) is 10.8 Å². The zero-order valence-electron chi connectivity index (χ0n) is 12.5. The SMILES string of the molecule is CC(C)NCCS(=O)(=O)NCc1cccc2ccccc12. The molecule has 0 radical (unpaired) electrons. The summed E-state index contributed by atoms with van der Waals surface area (Å²) in [4.78, 5) is 0. The predicted octanol–water partition coefficient (Wildman–Crippen LogP) is 2.26. The van der Waals surface area contributed by atoms with E-state index in [1.165, 1.54) is 0 Å². The molecule has 21 heavy (non-hydrogen) atoms. The molecule has 0 aliphatic carbocycles. The van der Waals surface area contributed by atoms with Gasteiger partial charge in [0.15, 0.2) is 0 Å². The molecule has 2 aromatic carbocycles. The second-order valence-electron chi connectivity index (χ2n) is 5.39. The largest absolute Gasteiger partial charge is 0.313 e. The van der Waals surface area contributed by atoms with Crippen LogP contribution in [0.5, 0.6) is 0 Å². The lowest BCUT2D eigenvalue weighted by Gasteiger charge is -2.11. The van der Waals surface area contributed by atoms with Gasteiger partial charge in [-0.3, -0.25) is 0 Å². The monoisotopic (exact) mass is 306 g/mol. The molecule has 0 aliphatic heterocycles. The molecule has 4 nitrogen and oxygen atoms in total. The zero-order valence-corrected chi connectivity index (χ0v) is 13.3. The van der Waals surface area contributed by atoms with E-state index in [9.17, 15) is 8.42 Å². The molecule has 0 aromatic heterocycles. The van der Waals surface area contributed by atoms with Gasteiger partial charge in [-0.05, 0) is 16.3 Å². The zero-order chi connectivity index (χ0) is 15.3. The number of hydrogen-bond donors (Lipinski definition) is 2. The van der Waals surface area contributed by atoms with Gasteiger partial charge in [-0.15, -0.1) is 0 Å². The van der Waals surface area contributed by atoms with Gasteiger partial charge in [-0.1, -0.05) is 56.3 Å². The lowest BCUT2D eigenvalue weighted by molar-refractivity contribution is 0.567. The molecule has 0 saturated heterocycles. The van der Waals surface area contributed by atoms with Crippen molar-refractivity contribution in [1.82, 2.24) is 10.0 Å². The first kappa shape index (κ1) is 15.9. The van der Waals surface area contributed by atoms with E-state index >= 15 is 0 Å². The van der Waals surface area contributed by atoms with E-state index in [2.05, 4.69) is 10.0 Å². The van der Waals surface area contributed by atoms with Crippen LogP contribution in [-0.4, -0.2) is 26.8 Å². The van der Waals surface area contributed by atoms with Crippen LogP contribution in [0, 0.1) is 0 Å². The molecule has 0 bridgehead atoms. The summed E-state index contributed by atoms with van der Waals surface area (Å²) < 4.78 is 26.6. The normalized spacial score (nSPS) is 12.1. The molecular weight excluding hydrogens is 284 g/mol. The summed E-state index contributed by atoms with van der Waals surface area (Å²) in [6.07, 6.45) is 0. The van der Waals surface area contributed by atoms with Gasteiger partial charge >= 0.3 is 0 Å². The summed E-state index contributed by atoms with van der Waals surface area (Å²) in [7, 11) is -3.26. The maximum atomic E-state index is 12.0. The summed E-state index contributed by atoms with van der Waals surface area (Å²) in [6, 6.07) is 14.2. The molecular formula is C16H22N2O2S. The quantitative estimate of drug-likeness (QED) is 0.825. The Labute approximate surface area is 126 Å². The van der Waals surface area contributed by atoms with Crippen molar-refractivity contribution in [1.29, 1.82) is 0 Å². The lowest BCUT2D eigenvalue weighted by Crippen LogP contribution is -2.34. The molecule has 2 aromatic rings. The Bertz CT molecular complexity index is 691. The first-order valence-electron chi connectivity index (χ1n) is 7.15. The van der Waals surface area contributed by atoms with Crippen molar-refractivity contribution in [3.8, 4) is 0 Å². The summed E-state index contributed by atoms with van der Waals surface area (Å²) in [5.41, 5.74) is 0.994. The van der Waals surface area contributed by atoms with Crippen LogP contribution in [0.2, 0.25) is 0 Å². The van der Waals surface area contributed by atoms with Crippen LogP contribution in [-0.2, 0) is 16.6 Å². The van der Waals surface area contributed by atoms with E-state index in [0.29, 0.717) is 19.1 Å². The molecule has 2 N–H and O–H groups in total. The topological polar surface area (TPSA) is 58.2 Å². The molecule has 0 atom stereocenters. The minimum atomic E-state index is -3.26. The highest BCUT2D eigenvalue weighted by Crippen LogP contribution is 2.18. The van der Waals surface area contributed by atoms with Crippen LogP contribution < -0.4 is 10.0 Å². The Hall–Kier alpha value is -1.43. The maximum absolute atomic E-state index is 12.0. The Balaban J connectivity index is 2.01. The van der Waals surface area contributed by atoms with Gasteiger partial charge in [0, 0.05) is 19.1 Å². The maximum Gasteiger partial charge on any atom is 0.213 e. The van der Waals surface area contributed by atoms with Crippen molar-refractivity contribution >= 4 is 20.8 Å². The third-order valence-electron chi connectivity index (χ3n) is 3.29. The van der Waals surface area contributed by atoms with Gasteiger partial charge in [-0.2, -0.15) is 0 Å². The minimum absolute atomic E-state index is 0.0932. The first-order valence-corrected chi connectivity index (χ1v) is 8.80. The number of nitrogens with one attached hydrogen (secondary N) is 2. The predicted molar refractivity (Wildman–Crippen MR) is 87.7 cm³/mol. The van der Waals surface area contributed by atoms with Gasteiger partial charge in [0.1, 0.15) is 0 Å². The minimum Gasteiger partial charge on any atom is -0.313 e. The summed E-state index contributed by atoms with van der Waals surface area (Å²) in [5.74, 6) is 0.0932. The van der Waals surface area contributed by atoms with Crippen molar-refractivity contribution in [3.05, 3.63) is 48.0 Å². The molecule has 114 valence electrons. The first-order chi connectivity index (χ1) is 9.98. The molecule has 0 fully saturated rings. The van der Waals surface area contributed by atoms with E-state index in [1.54, 1.807) is 0 Å². The second-order valence-corrected chi connectivity index (χ2v) is 7.31. The molecule has 0 heterocycles. The highest BCUT2D eigenvalue weighted by Gasteiger charge is 2.10. The summed E-state index contributed by atoms with van der Waals surface area (Å²) in [6.45, 7) is 4.78. The van der Waals surface area contributed by atoms with Gasteiger partial charge in [0.05, 0.1) is 5.75 Å². The average molecular weight is 306 g/mol. The lowest BCUT2D eigenvalue weighted by atomic mass is 10.1. The number of hydrogen-bond acceptors (Lipinski definition) is 3. The van der Waals surface area contributed by atoms with E-state index in [1.807, 2.05) is 56.3 Å². The van der Waals surface area contributed by atoms with Gasteiger partial charge < -0.3 is 5.32 Å². The Morgan fingerprint density at radius 1 is 1.05 bits per heavy atom. The number of rotatable bonds is 7. The van der Waals surface area contributed by atoms with Crippen molar-refractivity contribution in [2.24, 2.45) is 0 Å². The van der Waals surface area contributed by atoms with Gasteiger partial charge in [0.25, 0.3) is 0 Å². The Morgan fingerprint density at radius 3 is 2.52 bits per heavy atom. The third kappa shape index (κ3) is 4.81. The molecule has 0 spiro atoms. The smallest absolute Gasteiger partial charge is 0.213 e. The van der Waals surface area contributed by atoms with E-state index < -0.39 is 10.0 Å². The fourth-order valence-corrected chi connectivity index (χ4v) is 3.09. The van der Waals surface area contributed by atoms with Crippen LogP contribution in [0.15, 0.2) is 42.5 Å². The van der Waals surface area contributed by atoms with Crippen LogP contribution in [0.1, 0.15) is 19.4 Å². The molecule has 0 amide bonds. The second kappa shape index (κ2) is 7.02. The number of fused-ring (bicyclic) bond motifs is 1. The number of sulfonamides is 1. The van der Waals surface area contributed by atoms with Crippen molar-refractivity contribution in [2.75, 3.05) is 12.3 Å². The average Bonchev–Trinajstić information content (AvgIpc) is 2.44. The van der Waals surface area contributed by atoms with Crippen LogP contribution in [0.3, 0.4) is 0 Å². The standard InChI is InChI=1S/C16H22N2O2S/c1-13(2)17-10-11-21(19,20)18-12-15-8-5-7-14-6-3-4-9-16(14)15/h3-9,13,17-18H,10-12H2,1-2H3. The summed E-state index contributed by atoms with van der Waals surface area (Å²) in [5, 5.41) is 5.32. The Morgan fingerprint density at radius 2 is 1.76 bits per heavy atom. The number of benzene rings is 2. The van der Waals surface area contributed by atoms with Crippen LogP contribution in [0.4, 0.5) is 0 Å². The molecule has 0 unspecified atom stereocenters.